The lowest BCUT2D eigenvalue weighted by molar-refractivity contribution is 0.434. The van der Waals surface area contributed by atoms with Gasteiger partial charge in [0, 0.05) is 12.0 Å². The normalized spacial score (nSPS) is 13.7. The van der Waals surface area contributed by atoms with Crippen molar-refractivity contribution in [1.82, 2.24) is 5.32 Å². The Bertz CT molecular complexity index is 345. The maximum Gasteiger partial charge on any atom is 0.00433 e. The SMILES string of the molecule is Cc1cccc(C(C)(C)CNCC(C)CN)c1. The lowest BCUT2D eigenvalue weighted by Gasteiger charge is -2.27. The number of hydrogen-bond acceptors (Lipinski definition) is 2. The molecule has 1 aromatic carbocycles. The first-order valence-electron chi connectivity index (χ1n) is 6.43. The first-order chi connectivity index (χ1) is 7.95. The van der Waals surface area contributed by atoms with Crippen molar-refractivity contribution >= 4 is 0 Å². The zero-order valence-corrected chi connectivity index (χ0v) is 11.6. The largest absolute Gasteiger partial charge is 0.330 e. The van der Waals surface area contributed by atoms with Crippen molar-refractivity contribution in [2.45, 2.75) is 33.1 Å². The molecule has 0 bridgehead atoms. The molecule has 0 spiro atoms. The van der Waals surface area contributed by atoms with Gasteiger partial charge in [-0.15, -0.1) is 0 Å². The van der Waals surface area contributed by atoms with Crippen molar-refractivity contribution in [3.63, 3.8) is 0 Å². The number of aryl methyl sites for hydroxylation is 1. The van der Waals surface area contributed by atoms with Crippen LogP contribution in [0, 0.1) is 12.8 Å². The van der Waals surface area contributed by atoms with E-state index in [1.54, 1.807) is 0 Å². The van der Waals surface area contributed by atoms with Crippen LogP contribution in [-0.2, 0) is 5.41 Å². The van der Waals surface area contributed by atoms with Crippen LogP contribution in [0.3, 0.4) is 0 Å². The van der Waals surface area contributed by atoms with E-state index in [9.17, 15) is 0 Å². The Morgan fingerprint density at radius 1 is 1.35 bits per heavy atom. The van der Waals surface area contributed by atoms with Gasteiger partial charge in [-0.2, -0.15) is 0 Å². The molecule has 0 fully saturated rings. The van der Waals surface area contributed by atoms with E-state index in [4.69, 9.17) is 5.73 Å². The fraction of sp³-hybridized carbons (Fsp3) is 0.600. The minimum absolute atomic E-state index is 0.167. The van der Waals surface area contributed by atoms with E-state index in [-0.39, 0.29) is 5.41 Å². The van der Waals surface area contributed by atoms with Crippen molar-refractivity contribution in [2.75, 3.05) is 19.6 Å². The van der Waals surface area contributed by atoms with Crippen LogP contribution in [0.2, 0.25) is 0 Å². The Labute approximate surface area is 106 Å². The van der Waals surface area contributed by atoms with E-state index in [1.165, 1.54) is 11.1 Å². The Morgan fingerprint density at radius 2 is 2.06 bits per heavy atom. The molecule has 0 heterocycles. The van der Waals surface area contributed by atoms with Crippen LogP contribution in [0.15, 0.2) is 24.3 Å². The lowest BCUT2D eigenvalue weighted by atomic mass is 9.84. The molecule has 0 saturated carbocycles. The fourth-order valence-electron chi connectivity index (χ4n) is 1.88. The summed E-state index contributed by atoms with van der Waals surface area (Å²) in [6.45, 7) is 11.6. The van der Waals surface area contributed by atoms with Crippen molar-refractivity contribution in [3.05, 3.63) is 35.4 Å². The summed E-state index contributed by atoms with van der Waals surface area (Å²) in [5.41, 5.74) is 8.50. The minimum Gasteiger partial charge on any atom is -0.330 e. The molecule has 0 aliphatic heterocycles. The second-order valence-electron chi connectivity index (χ2n) is 5.73. The highest BCUT2D eigenvalue weighted by atomic mass is 14.9. The predicted molar refractivity (Wildman–Crippen MR) is 75.3 cm³/mol. The molecule has 0 aliphatic carbocycles. The molecule has 0 radical (unpaired) electrons. The van der Waals surface area contributed by atoms with Gasteiger partial charge in [0.05, 0.1) is 0 Å². The summed E-state index contributed by atoms with van der Waals surface area (Å²) in [7, 11) is 0. The molecule has 1 atom stereocenters. The highest BCUT2D eigenvalue weighted by molar-refractivity contribution is 5.28. The molecule has 1 aromatic rings. The van der Waals surface area contributed by atoms with E-state index in [0.29, 0.717) is 5.92 Å². The van der Waals surface area contributed by atoms with Gasteiger partial charge in [-0.1, -0.05) is 50.6 Å². The van der Waals surface area contributed by atoms with Crippen LogP contribution in [-0.4, -0.2) is 19.6 Å². The molecule has 0 aliphatic rings. The third kappa shape index (κ3) is 4.49. The van der Waals surface area contributed by atoms with Crippen molar-refractivity contribution in [3.8, 4) is 0 Å². The molecule has 2 nitrogen and oxygen atoms in total. The quantitative estimate of drug-likeness (QED) is 0.793. The molecule has 3 N–H and O–H groups in total. The van der Waals surface area contributed by atoms with Gasteiger partial charge in [0.2, 0.25) is 0 Å². The van der Waals surface area contributed by atoms with Gasteiger partial charge in [0.15, 0.2) is 0 Å². The second kappa shape index (κ2) is 6.18. The average Bonchev–Trinajstić information content (AvgIpc) is 2.28. The van der Waals surface area contributed by atoms with E-state index in [0.717, 1.165) is 19.6 Å². The van der Waals surface area contributed by atoms with Crippen LogP contribution in [0.25, 0.3) is 0 Å². The Hall–Kier alpha value is -0.860. The van der Waals surface area contributed by atoms with E-state index in [2.05, 4.69) is 57.3 Å². The molecule has 2 heteroatoms. The van der Waals surface area contributed by atoms with Crippen molar-refractivity contribution in [2.24, 2.45) is 11.7 Å². The van der Waals surface area contributed by atoms with Gasteiger partial charge in [0.25, 0.3) is 0 Å². The third-order valence-electron chi connectivity index (χ3n) is 3.26. The second-order valence-corrected chi connectivity index (χ2v) is 5.73. The van der Waals surface area contributed by atoms with Crippen LogP contribution < -0.4 is 11.1 Å². The number of rotatable bonds is 6. The van der Waals surface area contributed by atoms with Gasteiger partial charge in [0.1, 0.15) is 0 Å². The fourth-order valence-corrected chi connectivity index (χ4v) is 1.88. The van der Waals surface area contributed by atoms with Crippen LogP contribution >= 0.6 is 0 Å². The van der Waals surface area contributed by atoms with E-state index >= 15 is 0 Å². The number of nitrogens with one attached hydrogen (secondary N) is 1. The lowest BCUT2D eigenvalue weighted by Crippen LogP contribution is -2.36. The Morgan fingerprint density at radius 3 is 2.65 bits per heavy atom. The summed E-state index contributed by atoms with van der Waals surface area (Å²) in [5, 5.41) is 3.51. The van der Waals surface area contributed by atoms with Crippen LogP contribution in [0.4, 0.5) is 0 Å². The summed E-state index contributed by atoms with van der Waals surface area (Å²) in [6, 6.07) is 8.76. The van der Waals surface area contributed by atoms with E-state index < -0.39 is 0 Å². The monoisotopic (exact) mass is 234 g/mol. The molecular weight excluding hydrogens is 208 g/mol. The number of benzene rings is 1. The van der Waals surface area contributed by atoms with Gasteiger partial charge in [-0.3, -0.25) is 0 Å². The third-order valence-corrected chi connectivity index (χ3v) is 3.26. The maximum atomic E-state index is 5.61. The minimum atomic E-state index is 0.167. The summed E-state index contributed by atoms with van der Waals surface area (Å²) in [5.74, 6) is 0.545. The molecular formula is C15H26N2. The molecule has 1 rings (SSSR count). The summed E-state index contributed by atoms with van der Waals surface area (Å²) < 4.78 is 0. The average molecular weight is 234 g/mol. The zero-order valence-electron chi connectivity index (χ0n) is 11.6. The van der Waals surface area contributed by atoms with Crippen LogP contribution in [0.5, 0.6) is 0 Å². The summed E-state index contributed by atoms with van der Waals surface area (Å²) in [4.78, 5) is 0. The molecule has 1 unspecified atom stereocenters. The van der Waals surface area contributed by atoms with Crippen molar-refractivity contribution < 1.29 is 0 Å². The zero-order chi connectivity index (χ0) is 12.9. The number of nitrogens with two attached hydrogens (primary N) is 1. The molecule has 0 aromatic heterocycles. The first kappa shape index (κ1) is 14.2. The molecule has 96 valence electrons. The molecule has 0 saturated heterocycles. The summed E-state index contributed by atoms with van der Waals surface area (Å²) >= 11 is 0. The van der Waals surface area contributed by atoms with Crippen molar-refractivity contribution in [1.29, 1.82) is 0 Å². The van der Waals surface area contributed by atoms with Gasteiger partial charge >= 0.3 is 0 Å². The van der Waals surface area contributed by atoms with Gasteiger partial charge in [-0.05, 0) is 31.5 Å². The first-order valence-corrected chi connectivity index (χ1v) is 6.43. The number of hydrogen-bond donors (Lipinski definition) is 2. The summed E-state index contributed by atoms with van der Waals surface area (Å²) in [6.07, 6.45) is 0. The standard InChI is InChI=1S/C15H26N2/c1-12-6-5-7-14(8-12)15(3,4)11-17-10-13(2)9-16/h5-8,13,17H,9-11,16H2,1-4H3. The smallest absolute Gasteiger partial charge is 0.00433 e. The highest BCUT2D eigenvalue weighted by Gasteiger charge is 2.20. The molecule has 17 heavy (non-hydrogen) atoms. The predicted octanol–water partition coefficient (Wildman–Crippen LogP) is 2.46. The Kier molecular flexibility index (Phi) is 5.16. The highest BCUT2D eigenvalue weighted by Crippen LogP contribution is 2.22. The maximum absolute atomic E-state index is 5.61. The molecule has 0 amide bonds. The van der Waals surface area contributed by atoms with Gasteiger partial charge < -0.3 is 11.1 Å². The topological polar surface area (TPSA) is 38.0 Å². The Balaban J connectivity index is 2.56. The van der Waals surface area contributed by atoms with E-state index in [1.807, 2.05) is 0 Å². The van der Waals surface area contributed by atoms with Gasteiger partial charge in [-0.25, -0.2) is 0 Å². The van der Waals surface area contributed by atoms with Crippen LogP contribution in [0.1, 0.15) is 31.9 Å².